The lowest BCUT2D eigenvalue weighted by molar-refractivity contribution is 0.0954. The van der Waals surface area contributed by atoms with Crippen LogP contribution in [0.2, 0.25) is 5.02 Å². The molecule has 88 valence electrons. The Morgan fingerprint density at radius 3 is 3.06 bits per heavy atom. The Balaban J connectivity index is 1.85. The van der Waals surface area contributed by atoms with Crippen molar-refractivity contribution < 1.29 is 4.79 Å². The summed E-state index contributed by atoms with van der Waals surface area (Å²) in [5.74, 6) is -0.107. The summed E-state index contributed by atoms with van der Waals surface area (Å²) in [4.78, 5) is 15.9. The molecule has 2 aromatic rings. The SMILES string of the molecule is O=C(NCCc1nccs1)c1cccc(Cl)c1. The van der Waals surface area contributed by atoms with Crippen LogP contribution in [0.5, 0.6) is 0 Å². The van der Waals surface area contributed by atoms with E-state index >= 15 is 0 Å². The lowest BCUT2D eigenvalue weighted by Gasteiger charge is -2.04. The van der Waals surface area contributed by atoms with E-state index in [9.17, 15) is 4.79 Å². The summed E-state index contributed by atoms with van der Waals surface area (Å²) in [5.41, 5.74) is 0.580. The van der Waals surface area contributed by atoms with Gasteiger partial charge in [0.2, 0.25) is 0 Å². The van der Waals surface area contributed by atoms with Crippen LogP contribution in [-0.2, 0) is 6.42 Å². The van der Waals surface area contributed by atoms with E-state index in [1.165, 1.54) is 0 Å². The van der Waals surface area contributed by atoms with Crippen LogP contribution in [0.4, 0.5) is 0 Å². The van der Waals surface area contributed by atoms with Crippen molar-refractivity contribution in [3.8, 4) is 0 Å². The minimum absolute atomic E-state index is 0.107. The number of nitrogens with one attached hydrogen (secondary N) is 1. The summed E-state index contributed by atoms with van der Waals surface area (Å²) >= 11 is 7.41. The van der Waals surface area contributed by atoms with E-state index in [0.29, 0.717) is 17.1 Å². The van der Waals surface area contributed by atoms with Gasteiger partial charge in [-0.15, -0.1) is 11.3 Å². The number of amides is 1. The van der Waals surface area contributed by atoms with Crippen molar-refractivity contribution in [3.63, 3.8) is 0 Å². The zero-order chi connectivity index (χ0) is 12.1. The maximum Gasteiger partial charge on any atom is 0.251 e. The van der Waals surface area contributed by atoms with Crippen LogP contribution in [0.25, 0.3) is 0 Å². The van der Waals surface area contributed by atoms with Crippen LogP contribution in [0.15, 0.2) is 35.8 Å². The first-order chi connectivity index (χ1) is 8.25. The van der Waals surface area contributed by atoms with Crippen LogP contribution < -0.4 is 5.32 Å². The van der Waals surface area contributed by atoms with Crippen molar-refractivity contribution in [3.05, 3.63) is 51.4 Å². The molecule has 0 unspecified atom stereocenters. The van der Waals surface area contributed by atoms with Gasteiger partial charge < -0.3 is 5.32 Å². The first-order valence-corrected chi connectivity index (χ1v) is 6.43. The van der Waals surface area contributed by atoms with Gasteiger partial charge in [-0.2, -0.15) is 0 Å². The molecule has 0 saturated heterocycles. The molecule has 0 atom stereocenters. The van der Waals surface area contributed by atoms with E-state index in [4.69, 9.17) is 11.6 Å². The van der Waals surface area contributed by atoms with Gasteiger partial charge in [0.15, 0.2) is 0 Å². The number of carbonyl (C=O) groups is 1. The van der Waals surface area contributed by atoms with Crippen molar-refractivity contribution in [1.29, 1.82) is 0 Å². The van der Waals surface area contributed by atoms with Crippen molar-refractivity contribution in [2.75, 3.05) is 6.54 Å². The molecular weight excluding hydrogens is 256 g/mol. The standard InChI is InChI=1S/C12H11ClN2OS/c13-10-3-1-2-9(8-10)12(16)15-5-4-11-14-6-7-17-11/h1-3,6-8H,4-5H2,(H,15,16). The normalized spacial score (nSPS) is 10.2. The Bertz CT molecular complexity index is 499. The zero-order valence-electron chi connectivity index (χ0n) is 9.02. The number of rotatable bonds is 4. The molecule has 2 rings (SSSR count). The molecular formula is C12H11ClN2OS. The van der Waals surface area contributed by atoms with Gasteiger partial charge in [-0.3, -0.25) is 4.79 Å². The Hall–Kier alpha value is -1.39. The van der Waals surface area contributed by atoms with E-state index in [1.54, 1.807) is 41.8 Å². The third-order valence-corrected chi connectivity index (χ3v) is 3.27. The number of carbonyl (C=O) groups excluding carboxylic acids is 1. The summed E-state index contributed by atoms with van der Waals surface area (Å²) in [6.07, 6.45) is 2.52. The predicted molar refractivity (Wildman–Crippen MR) is 69.6 cm³/mol. The highest BCUT2D eigenvalue weighted by atomic mass is 35.5. The van der Waals surface area contributed by atoms with Gasteiger partial charge in [0.25, 0.3) is 5.91 Å². The second kappa shape index (κ2) is 5.80. The fourth-order valence-corrected chi connectivity index (χ4v) is 2.20. The molecule has 3 nitrogen and oxygen atoms in total. The lowest BCUT2D eigenvalue weighted by Crippen LogP contribution is -2.25. The smallest absolute Gasteiger partial charge is 0.251 e. The molecule has 1 amide bonds. The van der Waals surface area contributed by atoms with E-state index < -0.39 is 0 Å². The Labute approximate surface area is 108 Å². The van der Waals surface area contributed by atoms with Gasteiger partial charge in [0, 0.05) is 35.1 Å². The highest BCUT2D eigenvalue weighted by Gasteiger charge is 2.05. The number of nitrogens with zero attached hydrogens (tertiary/aromatic N) is 1. The molecule has 1 heterocycles. The molecule has 1 aromatic carbocycles. The fraction of sp³-hybridized carbons (Fsp3) is 0.167. The fourth-order valence-electron chi connectivity index (χ4n) is 1.39. The minimum atomic E-state index is -0.107. The molecule has 5 heteroatoms. The Morgan fingerprint density at radius 2 is 2.35 bits per heavy atom. The largest absolute Gasteiger partial charge is 0.352 e. The minimum Gasteiger partial charge on any atom is -0.352 e. The molecule has 0 fully saturated rings. The van der Waals surface area contributed by atoms with Gasteiger partial charge in [0.05, 0.1) is 5.01 Å². The second-order valence-corrected chi connectivity index (χ2v) is 4.86. The number of benzene rings is 1. The summed E-state index contributed by atoms with van der Waals surface area (Å²) in [5, 5.41) is 6.35. The zero-order valence-corrected chi connectivity index (χ0v) is 10.6. The molecule has 0 spiro atoms. The quantitative estimate of drug-likeness (QED) is 0.925. The van der Waals surface area contributed by atoms with Gasteiger partial charge in [-0.1, -0.05) is 17.7 Å². The summed E-state index contributed by atoms with van der Waals surface area (Å²) in [6, 6.07) is 6.90. The van der Waals surface area contributed by atoms with Gasteiger partial charge in [-0.05, 0) is 18.2 Å². The van der Waals surface area contributed by atoms with E-state index in [2.05, 4.69) is 10.3 Å². The molecule has 0 aliphatic carbocycles. The van der Waals surface area contributed by atoms with Gasteiger partial charge in [0.1, 0.15) is 0 Å². The van der Waals surface area contributed by atoms with Crippen LogP contribution in [-0.4, -0.2) is 17.4 Å². The van der Waals surface area contributed by atoms with Crippen LogP contribution in [0.1, 0.15) is 15.4 Å². The van der Waals surface area contributed by atoms with E-state index in [-0.39, 0.29) is 5.91 Å². The second-order valence-electron chi connectivity index (χ2n) is 3.44. The molecule has 0 aliphatic rings. The van der Waals surface area contributed by atoms with Crippen LogP contribution >= 0.6 is 22.9 Å². The first-order valence-electron chi connectivity index (χ1n) is 5.18. The third kappa shape index (κ3) is 3.54. The molecule has 0 radical (unpaired) electrons. The number of aromatic nitrogens is 1. The van der Waals surface area contributed by atoms with Crippen molar-refractivity contribution in [1.82, 2.24) is 10.3 Å². The number of hydrogen-bond acceptors (Lipinski definition) is 3. The van der Waals surface area contributed by atoms with Crippen LogP contribution in [0, 0.1) is 0 Å². The van der Waals surface area contributed by atoms with Crippen molar-refractivity contribution in [2.24, 2.45) is 0 Å². The monoisotopic (exact) mass is 266 g/mol. The Morgan fingerprint density at radius 1 is 1.47 bits per heavy atom. The average Bonchev–Trinajstić information content (AvgIpc) is 2.82. The summed E-state index contributed by atoms with van der Waals surface area (Å²) in [7, 11) is 0. The number of thiazole rings is 1. The first kappa shape index (κ1) is 12.1. The third-order valence-electron chi connectivity index (χ3n) is 2.19. The number of hydrogen-bond donors (Lipinski definition) is 1. The number of halogens is 1. The highest BCUT2D eigenvalue weighted by Crippen LogP contribution is 2.10. The molecule has 17 heavy (non-hydrogen) atoms. The van der Waals surface area contributed by atoms with E-state index in [0.717, 1.165) is 11.4 Å². The molecule has 1 aromatic heterocycles. The van der Waals surface area contributed by atoms with Crippen LogP contribution in [0.3, 0.4) is 0 Å². The molecule has 0 bridgehead atoms. The predicted octanol–water partition coefficient (Wildman–Crippen LogP) is 2.77. The summed E-state index contributed by atoms with van der Waals surface area (Å²) < 4.78 is 0. The highest BCUT2D eigenvalue weighted by molar-refractivity contribution is 7.09. The maximum absolute atomic E-state index is 11.7. The molecule has 0 aliphatic heterocycles. The molecule has 1 N–H and O–H groups in total. The lowest BCUT2D eigenvalue weighted by atomic mass is 10.2. The Kier molecular flexibility index (Phi) is 4.12. The maximum atomic E-state index is 11.7. The van der Waals surface area contributed by atoms with Gasteiger partial charge in [-0.25, -0.2) is 4.98 Å². The van der Waals surface area contributed by atoms with Gasteiger partial charge >= 0.3 is 0 Å². The van der Waals surface area contributed by atoms with Crippen molar-refractivity contribution in [2.45, 2.75) is 6.42 Å². The summed E-state index contributed by atoms with van der Waals surface area (Å²) in [6.45, 7) is 0.582. The average molecular weight is 267 g/mol. The van der Waals surface area contributed by atoms with Crippen molar-refractivity contribution >= 4 is 28.8 Å². The molecule has 0 saturated carbocycles. The van der Waals surface area contributed by atoms with E-state index in [1.807, 2.05) is 5.38 Å². The topological polar surface area (TPSA) is 42.0 Å².